The standard InChI is InChI=1S/C14H19NS/c1-9(2)12(8-15)14-10(3)16-13-7-5-4-6-11(13)14/h4-7,9,12H,8,15H2,1-3H3. The molecule has 1 aromatic carbocycles. The summed E-state index contributed by atoms with van der Waals surface area (Å²) in [7, 11) is 0. The van der Waals surface area contributed by atoms with E-state index in [0.717, 1.165) is 6.54 Å². The van der Waals surface area contributed by atoms with E-state index in [9.17, 15) is 0 Å². The van der Waals surface area contributed by atoms with Crippen LogP contribution in [0.1, 0.15) is 30.2 Å². The van der Waals surface area contributed by atoms with Gasteiger partial charge in [-0.15, -0.1) is 11.3 Å². The Labute approximate surface area is 101 Å². The largest absolute Gasteiger partial charge is 0.330 e. The predicted molar refractivity (Wildman–Crippen MR) is 73.2 cm³/mol. The molecule has 0 fully saturated rings. The third-order valence-electron chi connectivity index (χ3n) is 3.25. The average Bonchev–Trinajstić information content (AvgIpc) is 2.57. The van der Waals surface area contributed by atoms with Crippen molar-refractivity contribution in [3.63, 3.8) is 0 Å². The SMILES string of the molecule is Cc1sc2ccccc2c1C(CN)C(C)C. The zero-order chi connectivity index (χ0) is 11.7. The van der Waals surface area contributed by atoms with Crippen LogP contribution in [0.25, 0.3) is 10.1 Å². The molecule has 1 unspecified atom stereocenters. The van der Waals surface area contributed by atoms with Crippen molar-refractivity contribution in [3.05, 3.63) is 34.7 Å². The van der Waals surface area contributed by atoms with Crippen LogP contribution in [0.4, 0.5) is 0 Å². The number of benzene rings is 1. The monoisotopic (exact) mass is 233 g/mol. The van der Waals surface area contributed by atoms with Crippen molar-refractivity contribution >= 4 is 21.4 Å². The van der Waals surface area contributed by atoms with Gasteiger partial charge < -0.3 is 5.73 Å². The Morgan fingerprint density at radius 3 is 2.56 bits per heavy atom. The third-order valence-corrected chi connectivity index (χ3v) is 4.35. The molecule has 2 aromatic rings. The van der Waals surface area contributed by atoms with Crippen LogP contribution in [0.5, 0.6) is 0 Å². The van der Waals surface area contributed by atoms with Crippen molar-refractivity contribution in [3.8, 4) is 0 Å². The van der Waals surface area contributed by atoms with E-state index in [1.807, 2.05) is 11.3 Å². The molecule has 0 aliphatic rings. The Morgan fingerprint density at radius 2 is 1.94 bits per heavy atom. The van der Waals surface area contributed by atoms with Crippen molar-refractivity contribution in [2.24, 2.45) is 11.7 Å². The van der Waals surface area contributed by atoms with Gasteiger partial charge in [0.2, 0.25) is 0 Å². The molecule has 16 heavy (non-hydrogen) atoms. The summed E-state index contributed by atoms with van der Waals surface area (Å²) in [5.41, 5.74) is 7.40. The van der Waals surface area contributed by atoms with Crippen LogP contribution in [0.15, 0.2) is 24.3 Å². The van der Waals surface area contributed by atoms with Gasteiger partial charge in [-0.05, 0) is 36.4 Å². The molecule has 2 N–H and O–H groups in total. The zero-order valence-electron chi connectivity index (χ0n) is 10.2. The van der Waals surface area contributed by atoms with Gasteiger partial charge in [0.25, 0.3) is 0 Å². The lowest BCUT2D eigenvalue weighted by Crippen LogP contribution is -2.18. The van der Waals surface area contributed by atoms with E-state index in [-0.39, 0.29) is 0 Å². The number of aryl methyl sites for hydroxylation is 1. The van der Waals surface area contributed by atoms with E-state index in [1.165, 1.54) is 20.5 Å². The van der Waals surface area contributed by atoms with Crippen molar-refractivity contribution in [1.29, 1.82) is 0 Å². The minimum Gasteiger partial charge on any atom is -0.330 e. The lowest BCUT2D eigenvalue weighted by atomic mass is 9.87. The molecule has 0 aliphatic heterocycles. The Hall–Kier alpha value is -0.860. The van der Waals surface area contributed by atoms with Gasteiger partial charge in [0.05, 0.1) is 0 Å². The highest BCUT2D eigenvalue weighted by atomic mass is 32.1. The van der Waals surface area contributed by atoms with E-state index in [2.05, 4.69) is 45.0 Å². The fourth-order valence-corrected chi connectivity index (χ4v) is 3.51. The maximum atomic E-state index is 5.93. The van der Waals surface area contributed by atoms with E-state index >= 15 is 0 Å². The number of nitrogens with two attached hydrogens (primary N) is 1. The van der Waals surface area contributed by atoms with Gasteiger partial charge in [-0.25, -0.2) is 0 Å². The number of thiophene rings is 1. The van der Waals surface area contributed by atoms with Crippen LogP contribution < -0.4 is 5.73 Å². The molecule has 0 amide bonds. The summed E-state index contributed by atoms with van der Waals surface area (Å²) in [6.07, 6.45) is 0. The Balaban J connectivity index is 2.62. The first-order chi connectivity index (χ1) is 7.65. The second-order valence-corrected chi connectivity index (χ2v) is 5.91. The van der Waals surface area contributed by atoms with Crippen molar-refractivity contribution in [2.75, 3.05) is 6.54 Å². The fourth-order valence-electron chi connectivity index (χ4n) is 2.37. The zero-order valence-corrected chi connectivity index (χ0v) is 11.0. The highest BCUT2D eigenvalue weighted by molar-refractivity contribution is 7.19. The highest BCUT2D eigenvalue weighted by Crippen LogP contribution is 2.38. The van der Waals surface area contributed by atoms with Gasteiger partial charge in [-0.3, -0.25) is 0 Å². The molecule has 1 atom stereocenters. The number of hydrogen-bond donors (Lipinski definition) is 1. The van der Waals surface area contributed by atoms with Gasteiger partial charge in [0, 0.05) is 15.5 Å². The molecular weight excluding hydrogens is 214 g/mol. The summed E-state index contributed by atoms with van der Waals surface area (Å²) in [5.74, 6) is 1.08. The first-order valence-corrected chi connectivity index (χ1v) is 6.65. The van der Waals surface area contributed by atoms with Crippen LogP contribution in [0.3, 0.4) is 0 Å². The summed E-state index contributed by atoms with van der Waals surface area (Å²) in [4.78, 5) is 1.42. The third kappa shape index (κ3) is 1.87. The smallest absolute Gasteiger partial charge is 0.0348 e. The minimum atomic E-state index is 0.483. The molecule has 0 bridgehead atoms. The maximum absolute atomic E-state index is 5.93. The summed E-state index contributed by atoms with van der Waals surface area (Å²) in [6.45, 7) is 7.46. The fraction of sp³-hybridized carbons (Fsp3) is 0.429. The van der Waals surface area contributed by atoms with Crippen LogP contribution in [-0.2, 0) is 0 Å². The van der Waals surface area contributed by atoms with Crippen LogP contribution in [-0.4, -0.2) is 6.54 Å². The lowest BCUT2D eigenvalue weighted by Gasteiger charge is -2.19. The van der Waals surface area contributed by atoms with E-state index in [1.54, 1.807) is 0 Å². The molecule has 0 saturated carbocycles. The highest BCUT2D eigenvalue weighted by Gasteiger charge is 2.20. The van der Waals surface area contributed by atoms with Crippen LogP contribution >= 0.6 is 11.3 Å². The number of fused-ring (bicyclic) bond motifs is 1. The molecule has 0 aliphatic carbocycles. The van der Waals surface area contributed by atoms with E-state index in [4.69, 9.17) is 5.73 Å². The van der Waals surface area contributed by atoms with Gasteiger partial charge >= 0.3 is 0 Å². The number of hydrogen-bond acceptors (Lipinski definition) is 2. The molecule has 0 radical (unpaired) electrons. The second kappa shape index (κ2) is 4.56. The molecular formula is C14H19NS. The molecule has 1 nitrogen and oxygen atoms in total. The Kier molecular flexibility index (Phi) is 3.31. The average molecular weight is 233 g/mol. The van der Waals surface area contributed by atoms with Crippen molar-refractivity contribution < 1.29 is 0 Å². The Morgan fingerprint density at radius 1 is 1.25 bits per heavy atom. The predicted octanol–water partition coefficient (Wildman–Crippen LogP) is 3.91. The van der Waals surface area contributed by atoms with E-state index in [0.29, 0.717) is 11.8 Å². The molecule has 0 saturated heterocycles. The second-order valence-electron chi connectivity index (χ2n) is 4.65. The van der Waals surface area contributed by atoms with Gasteiger partial charge in [0.15, 0.2) is 0 Å². The molecule has 0 spiro atoms. The van der Waals surface area contributed by atoms with Crippen LogP contribution in [0, 0.1) is 12.8 Å². The summed E-state index contributed by atoms with van der Waals surface area (Å²) in [5, 5.41) is 1.40. The van der Waals surface area contributed by atoms with Crippen LogP contribution in [0.2, 0.25) is 0 Å². The molecule has 86 valence electrons. The molecule has 2 rings (SSSR count). The summed E-state index contributed by atoms with van der Waals surface area (Å²) in [6, 6.07) is 8.64. The Bertz CT molecular complexity index is 484. The van der Waals surface area contributed by atoms with Crippen molar-refractivity contribution in [2.45, 2.75) is 26.7 Å². The minimum absolute atomic E-state index is 0.483. The summed E-state index contributed by atoms with van der Waals surface area (Å²) < 4.78 is 1.38. The topological polar surface area (TPSA) is 26.0 Å². The maximum Gasteiger partial charge on any atom is 0.0348 e. The van der Waals surface area contributed by atoms with E-state index < -0.39 is 0 Å². The summed E-state index contributed by atoms with van der Waals surface area (Å²) >= 11 is 1.88. The lowest BCUT2D eigenvalue weighted by molar-refractivity contribution is 0.508. The number of rotatable bonds is 3. The van der Waals surface area contributed by atoms with Crippen molar-refractivity contribution in [1.82, 2.24) is 0 Å². The van der Waals surface area contributed by atoms with Gasteiger partial charge in [0.1, 0.15) is 0 Å². The quantitative estimate of drug-likeness (QED) is 0.854. The normalized spacial score (nSPS) is 13.6. The van der Waals surface area contributed by atoms with Gasteiger partial charge in [-0.2, -0.15) is 0 Å². The molecule has 2 heteroatoms. The van der Waals surface area contributed by atoms with Gasteiger partial charge in [-0.1, -0.05) is 32.0 Å². The molecule has 1 heterocycles. The first kappa shape index (κ1) is 11.6. The molecule has 1 aromatic heterocycles. The first-order valence-electron chi connectivity index (χ1n) is 5.83.